The minimum absolute atomic E-state index is 0.0142. The Morgan fingerprint density at radius 3 is 2.69 bits per heavy atom. The summed E-state index contributed by atoms with van der Waals surface area (Å²) in [7, 11) is 0. The number of rotatable bonds is 5. The van der Waals surface area contributed by atoms with Crippen LogP contribution in [0.3, 0.4) is 0 Å². The van der Waals surface area contributed by atoms with E-state index in [-0.39, 0.29) is 12.4 Å². The van der Waals surface area contributed by atoms with Crippen LogP contribution in [0.25, 0.3) is 0 Å². The van der Waals surface area contributed by atoms with E-state index >= 15 is 0 Å². The standard InChI is InChI=1S/C17H14BrFN6O/c18-11-8-23-16(24-9-11)17(26)25-12-3-4-13(19)10(6-12)7-22-14-2-1-5-21-15(14)20/h1-6,8-9,22H,7H2,(H2,20,21)(H,25,26). The summed E-state index contributed by atoms with van der Waals surface area (Å²) in [6.07, 6.45) is 4.52. The molecule has 9 heteroatoms. The van der Waals surface area contributed by atoms with E-state index in [1.807, 2.05) is 0 Å². The Hall–Kier alpha value is -3.07. The van der Waals surface area contributed by atoms with E-state index < -0.39 is 11.7 Å². The van der Waals surface area contributed by atoms with Crippen LogP contribution < -0.4 is 16.4 Å². The number of hydrogen-bond donors (Lipinski definition) is 3. The van der Waals surface area contributed by atoms with Crippen LogP contribution >= 0.6 is 15.9 Å². The predicted molar refractivity (Wildman–Crippen MR) is 100 cm³/mol. The molecule has 0 radical (unpaired) electrons. The van der Waals surface area contributed by atoms with Gasteiger partial charge in [-0.1, -0.05) is 0 Å². The maximum absolute atomic E-state index is 14.0. The summed E-state index contributed by atoms with van der Waals surface area (Å²) in [5.74, 6) is -0.553. The van der Waals surface area contributed by atoms with E-state index in [4.69, 9.17) is 5.73 Å². The fraction of sp³-hybridized carbons (Fsp3) is 0.0588. The number of nitrogens with one attached hydrogen (secondary N) is 2. The smallest absolute Gasteiger partial charge is 0.293 e. The number of nitrogens with two attached hydrogens (primary N) is 1. The first-order chi connectivity index (χ1) is 12.5. The number of amides is 1. The lowest BCUT2D eigenvalue weighted by Crippen LogP contribution is -2.16. The maximum Gasteiger partial charge on any atom is 0.293 e. The summed E-state index contributed by atoms with van der Waals surface area (Å²) >= 11 is 3.20. The Balaban J connectivity index is 1.72. The third-order valence-electron chi connectivity index (χ3n) is 3.43. The number of hydrogen-bond acceptors (Lipinski definition) is 6. The molecule has 0 aliphatic carbocycles. The van der Waals surface area contributed by atoms with Crippen molar-refractivity contribution in [1.82, 2.24) is 15.0 Å². The molecule has 0 aliphatic rings. The summed E-state index contributed by atoms with van der Waals surface area (Å²) < 4.78 is 14.7. The Bertz CT molecular complexity index is 935. The van der Waals surface area contributed by atoms with Crippen molar-refractivity contribution in [3.05, 3.63) is 70.6 Å². The van der Waals surface area contributed by atoms with Crippen LogP contribution in [0.1, 0.15) is 16.2 Å². The third-order valence-corrected chi connectivity index (χ3v) is 3.84. The van der Waals surface area contributed by atoms with Gasteiger partial charge in [-0.3, -0.25) is 4.79 Å². The van der Waals surface area contributed by atoms with Gasteiger partial charge in [0, 0.05) is 36.4 Å². The quantitative estimate of drug-likeness (QED) is 0.589. The number of anilines is 3. The van der Waals surface area contributed by atoms with Crippen LogP contribution in [0.4, 0.5) is 21.6 Å². The van der Waals surface area contributed by atoms with E-state index in [1.165, 1.54) is 30.6 Å². The van der Waals surface area contributed by atoms with Gasteiger partial charge in [0.2, 0.25) is 5.82 Å². The average molecular weight is 417 g/mol. The Morgan fingerprint density at radius 2 is 1.96 bits per heavy atom. The molecule has 0 saturated heterocycles. The molecule has 0 unspecified atom stereocenters. The third kappa shape index (κ3) is 4.31. The average Bonchev–Trinajstić information content (AvgIpc) is 2.64. The lowest BCUT2D eigenvalue weighted by molar-refractivity contribution is 0.101. The highest BCUT2D eigenvalue weighted by molar-refractivity contribution is 9.10. The second kappa shape index (κ2) is 7.87. The number of pyridine rings is 1. The molecule has 2 aromatic heterocycles. The fourth-order valence-electron chi connectivity index (χ4n) is 2.16. The van der Waals surface area contributed by atoms with Gasteiger partial charge in [-0.2, -0.15) is 0 Å². The van der Waals surface area contributed by atoms with Gasteiger partial charge in [0.1, 0.15) is 11.6 Å². The Kier molecular flexibility index (Phi) is 5.37. The van der Waals surface area contributed by atoms with Crippen molar-refractivity contribution in [1.29, 1.82) is 0 Å². The molecule has 1 aromatic carbocycles. The number of carbonyl (C=O) groups excluding carboxylic acids is 1. The van der Waals surface area contributed by atoms with Gasteiger partial charge in [0.25, 0.3) is 5.91 Å². The summed E-state index contributed by atoms with van der Waals surface area (Å²) in [5, 5.41) is 5.66. The summed E-state index contributed by atoms with van der Waals surface area (Å²) in [5.41, 5.74) is 7.15. The highest BCUT2D eigenvalue weighted by Gasteiger charge is 2.11. The largest absolute Gasteiger partial charge is 0.382 e. The van der Waals surface area contributed by atoms with Crippen molar-refractivity contribution in [2.75, 3.05) is 16.4 Å². The number of aromatic nitrogens is 3. The first-order valence-electron chi connectivity index (χ1n) is 7.54. The summed E-state index contributed by atoms with van der Waals surface area (Å²) in [6, 6.07) is 7.75. The van der Waals surface area contributed by atoms with Crippen LogP contribution in [0.15, 0.2) is 53.4 Å². The number of benzene rings is 1. The van der Waals surface area contributed by atoms with Crippen LogP contribution in [0.5, 0.6) is 0 Å². The number of nitrogen functional groups attached to an aromatic ring is 1. The van der Waals surface area contributed by atoms with E-state index in [2.05, 4.69) is 41.5 Å². The number of carbonyl (C=O) groups is 1. The lowest BCUT2D eigenvalue weighted by atomic mass is 10.1. The molecule has 0 aliphatic heterocycles. The van der Waals surface area contributed by atoms with Crippen molar-refractivity contribution in [3.8, 4) is 0 Å². The van der Waals surface area contributed by atoms with Gasteiger partial charge >= 0.3 is 0 Å². The van der Waals surface area contributed by atoms with Crippen molar-refractivity contribution < 1.29 is 9.18 Å². The van der Waals surface area contributed by atoms with Gasteiger partial charge in [-0.15, -0.1) is 0 Å². The van der Waals surface area contributed by atoms with Gasteiger partial charge < -0.3 is 16.4 Å². The first kappa shape index (κ1) is 17.7. The van der Waals surface area contributed by atoms with Gasteiger partial charge in [0.05, 0.1) is 10.2 Å². The topological polar surface area (TPSA) is 106 Å². The molecule has 0 spiro atoms. The molecular formula is C17H14BrFN6O. The molecule has 3 aromatic rings. The van der Waals surface area contributed by atoms with Crippen molar-refractivity contribution in [3.63, 3.8) is 0 Å². The molecule has 4 N–H and O–H groups in total. The highest BCUT2D eigenvalue weighted by Crippen LogP contribution is 2.19. The zero-order valence-electron chi connectivity index (χ0n) is 13.4. The van der Waals surface area contributed by atoms with E-state index in [0.717, 1.165) is 0 Å². The molecule has 132 valence electrons. The second-order valence-electron chi connectivity index (χ2n) is 5.27. The Labute approximate surface area is 157 Å². The lowest BCUT2D eigenvalue weighted by Gasteiger charge is -2.11. The zero-order chi connectivity index (χ0) is 18.5. The minimum Gasteiger partial charge on any atom is -0.382 e. The SMILES string of the molecule is Nc1ncccc1NCc1cc(NC(=O)c2ncc(Br)cn2)ccc1F. The summed E-state index contributed by atoms with van der Waals surface area (Å²) in [6.45, 7) is 0.181. The monoisotopic (exact) mass is 416 g/mol. The van der Waals surface area contributed by atoms with Crippen LogP contribution in [-0.2, 0) is 6.54 Å². The van der Waals surface area contributed by atoms with E-state index in [0.29, 0.717) is 27.2 Å². The zero-order valence-corrected chi connectivity index (χ0v) is 15.0. The van der Waals surface area contributed by atoms with E-state index in [9.17, 15) is 9.18 Å². The normalized spacial score (nSPS) is 10.4. The van der Waals surface area contributed by atoms with Gasteiger partial charge in [-0.05, 0) is 46.3 Å². The molecule has 0 fully saturated rings. The summed E-state index contributed by atoms with van der Waals surface area (Å²) in [4.78, 5) is 24.0. The fourth-order valence-corrected chi connectivity index (χ4v) is 2.37. The molecular weight excluding hydrogens is 403 g/mol. The molecule has 0 saturated carbocycles. The number of halogens is 2. The van der Waals surface area contributed by atoms with Crippen molar-refractivity contribution >= 4 is 39.0 Å². The molecule has 1 amide bonds. The van der Waals surface area contributed by atoms with Gasteiger partial charge in [-0.25, -0.2) is 19.3 Å². The maximum atomic E-state index is 14.0. The van der Waals surface area contributed by atoms with Crippen LogP contribution in [0.2, 0.25) is 0 Å². The second-order valence-corrected chi connectivity index (χ2v) is 6.19. The van der Waals surface area contributed by atoms with Crippen LogP contribution in [-0.4, -0.2) is 20.9 Å². The van der Waals surface area contributed by atoms with Gasteiger partial charge in [0.15, 0.2) is 0 Å². The molecule has 7 nitrogen and oxygen atoms in total. The molecule has 26 heavy (non-hydrogen) atoms. The van der Waals surface area contributed by atoms with Crippen molar-refractivity contribution in [2.45, 2.75) is 6.54 Å². The minimum atomic E-state index is -0.487. The molecule has 0 bridgehead atoms. The van der Waals surface area contributed by atoms with Crippen LogP contribution in [0, 0.1) is 5.82 Å². The highest BCUT2D eigenvalue weighted by atomic mass is 79.9. The Morgan fingerprint density at radius 1 is 1.19 bits per heavy atom. The van der Waals surface area contributed by atoms with E-state index in [1.54, 1.807) is 18.3 Å². The predicted octanol–water partition coefficient (Wildman–Crippen LogP) is 3.22. The van der Waals surface area contributed by atoms with Crippen molar-refractivity contribution in [2.24, 2.45) is 0 Å². The molecule has 2 heterocycles. The molecule has 0 atom stereocenters. The first-order valence-corrected chi connectivity index (χ1v) is 8.34. The number of nitrogens with zero attached hydrogens (tertiary/aromatic N) is 3. The molecule has 3 rings (SSSR count).